The molecule has 0 aromatic heterocycles. The van der Waals surface area contributed by atoms with Gasteiger partial charge in [-0.25, -0.2) is 0 Å². The van der Waals surface area contributed by atoms with Crippen molar-refractivity contribution in [2.45, 2.75) is 20.8 Å². The molecule has 0 heteroatoms. The Hall–Kier alpha value is -3.64. The Labute approximate surface area is 190 Å². The van der Waals surface area contributed by atoms with Gasteiger partial charge in [0.2, 0.25) is 0 Å². The molecule has 160 valence electrons. The second kappa shape index (κ2) is 17.2. The highest BCUT2D eigenvalue weighted by molar-refractivity contribution is 5.51. The number of aryl methyl sites for hydroxylation is 3. The summed E-state index contributed by atoms with van der Waals surface area (Å²) in [6, 6.07) is 24.7. The molecule has 0 aliphatic rings. The zero-order chi connectivity index (χ0) is 23.5. The molecular weight excluding hydrogens is 372 g/mol. The fourth-order valence-electron chi connectivity index (χ4n) is 2.32. The van der Waals surface area contributed by atoms with Gasteiger partial charge in [-0.1, -0.05) is 147 Å². The molecule has 0 unspecified atom stereocenters. The minimum atomic E-state index is 1.18. The summed E-state index contributed by atoms with van der Waals surface area (Å²) in [5.74, 6) is 0. The molecule has 31 heavy (non-hydrogen) atoms. The number of rotatable bonds is 4. The first kappa shape index (κ1) is 27.4. The van der Waals surface area contributed by atoms with Crippen LogP contribution in [0.5, 0.6) is 0 Å². The number of hydrogen-bond donors (Lipinski definition) is 0. The van der Waals surface area contributed by atoms with Gasteiger partial charge >= 0.3 is 0 Å². The topological polar surface area (TPSA) is 0 Å². The van der Waals surface area contributed by atoms with E-state index in [4.69, 9.17) is 0 Å². The van der Waals surface area contributed by atoms with E-state index in [0.29, 0.717) is 0 Å². The summed E-state index contributed by atoms with van der Waals surface area (Å²) >= 11 is 0. The molecule has 0 saturated carbocycles. The highest BCUT2D eigenvalue weighted by Gasteiger charge is 1.87. The Balaban J connectivity index is 0.000000402. The third kappa shape index (κ3) is 13.2. The smallest absolute Gasteiger partial charge is 0.0233 e. The Kier molecular flexibility index (Phi) is 15.2. The van der Waals surface area contributed by atoms with E-state index in [9.17, 15) is 0 Å². The van der Waals surface area contributed by atoms with E-state index in [2.05, 4.69) is 102 Å². The van der Waals surface area contributed by atoms with Gasteiger partial charge in [0.25, 0.3) is 0 Å². The molecule has 0 saturated heterocycles. The van der Waals surface area contributed by atoms with Crippen LogP contribution in [-0.4, -0.2) is 0 Å². The Bertz CT molecular complexity index is 934. The predicted molar refractivity (Wildman–Crippen MR) is 144 cm³/mol. The van der Waals surface area contributed by atoms with Crippen molar-refractivity contribution in [1.82, 2.24) is 0 Å². The molecule has 0 atom stereocenters. The van der Waals surface area contributed by atoms with Crippen LogP contribution >= 0.6 is 0 Å². The average molecular weight is 409 g/mol. The maximum Gasteiger partial charge on any atom is -0.0233 e. The maximum absolute atomic E-state index is 3.69. The molecule has 0 aliphatic heterocycles. The van der Waals surface area contributed by atoms with Crippen LogP contribution < -0.4 is 0 Å². The molecule has 0 N–H and O–H groups in total. The fourth-order valence-corrected chi connectivity index (χ4v) is 2.32. The minimum Gasteiger partial charge on any atom is -0.0991 e. The normalized spacial score (nSPS) is 8.48. The van der Waals surface area contributed by atoms with E-state index in [1.54, 1.807) is 12.2 Å². The van der Waals surface area contributed by atoms with Gasteiger partial charge in [-0.15, -0.1) is 0 Å². The maximum atomic E-state index is 3.69. The lowest BCUT2D eigenvalue weighted by Crippen LogP contribution is -1.75. The first-order valence-corrected chi connectivity index (χ1v) is 10.2. The lowest BCUT2D eigenvalue weighted by atomic mass is 10.1. The number of allylic oxidation sites excluding steroid dienone is 2. The number of benzene rings is 3. The SMILES string of the molecule is C=CC=C.C=Cc1ccc(C)cc1.C=Cc1cccc(C)c1.C=Cc1ccccc1C. The molecule has 3 rings (SSSR count). The largest absolute Gasteiger partial charge is 0.0991 e. The average Bonchev–Trinajstić information content (AvgIpc) is 2.81. The first-order valence-electron chi connectivity index (χ1n) is 10.2. The van der Waals surface area contributed by atoms with Gasteiger partial charge in [-0.3, -0.25) is 0 Å². The summed E-state index contributed by atoms with van der Waals surface area (Å²) in [6.07, 6.45) is 8.85. The van der Waals surface area contributed by atoms with Crippen LogP contribution in [0.25, 0.3) is 18.2 Å². The van der Waals surface area contributed by atoms with Gasteiger partial charge in [0.1, 0.15) is 0 Å². The van der Waals surface area contributed by atoms with Crippen molar-refractivity contribution in [1.29, 1.82) is 0 Å². The Morgan fingerprint density at radius 1 is 0.516 bits per heavy atom. The molecule has 0 spiro atoms. The van der Waals surface area contributed by atoms with Crippen LogP contribution in [0.2, 0.25) is 0 Å². The zero-order valence-corrected chi connectivity index (χ0v) is 19.4. The van der Waals surface area contributed by atoms with Crippen LogP contribution in [0.3, 0.4) is 0 Å². The Morgan fingerprint density at radius 3 is 1.48 bits per heavy atom. The van der Waals surface area contributed by atoms with Crippen molar-refractivity contribution in [2.24, 2.45) is 0 Å². The van der Waals surface area contributed by atoms with Crippen LogP contribution in [0.15, 0.2) is 118 Å². The predicted octanol–water partition coefficient (Wildman–Crippen LogP) is 9.27. The quantitative estimate of drug-likeness (QED) is 0.377. The van der Waals surface area contributed by atoms with E-state index < -0.39 is 0 Å². The van der Waals surface area contributed by atoms with Crippen molar-refractivity contribution in [3.8, 4) is 0 Å². The third-order valence-electron chi connectivity index (χ3n) is 4.17. The van der Waals surface area contributed by atoms with Crippen LogP contribution in [0.1, 0.15) is 33.4 Å². The zero-order valence-electron chi connectivity index (χ0n) is 19.4. The standard InChI is InChI=1S/3C9H10.C4H6/c1-3-9-6-4-8(2)5-7-9;1-3-9-6-4-5-8(2)7-9;1-3-9-7-5-4-6-8(9)2;1-3-4-2/h3*3-7H,1H2,2H3;3-4H,1-2H2. The molecule has 3 aromatic carbocycles. The molecule has 0 aliphatic carbocycles. The summed E-state index contributed by atoms with van der Waals surface area (Å²) in [4.78, 5) is 0. The van der Waals surface area contributed by atoms with Crippen LogP contribution in [0.4, 0.5) is 0 Å². The molecule has 0 radical (unpaired) electrons. The van der Waals surface area contributed by atoms with E-state index in [1.165, 1.54) is 33.4 Å². The molecule has 0 bridgehead atoms. The summed E-state index contributed by atoms with van der Waals surface area (Å²) in [6.45, 7) is 24.0. The van der Waals surface area contributed by atoms with Crippen molar-refractivity contribution >= 4 is 18.2 Å². The van der Waals surface area contributed by atoms with Crippen molar-refractivity contribution in [2.75, 3.05) is 0 Å². The molecule has 0 heterocycles. The summed E-state index contributed by atoms with van der Waals surface area (Å²) in [5.41, 5.74) is 7.45. The van der Waals surface area contributed by atoms with Gasteiger partial charge < -0.3 is 0 Å². The summed E-state index contributed by atoms with van der Waals surface area (Å²) < 4.78 is 0. The molecule has 0 fully saturated rings. The summed E-state index contributed by atoms with van der Waals surface area (Å²) in [7, 11) is 0. The van der Waals surface area contributed by atoms with E-state index in [-0.39, 0.29) is 0 Å². The lowest BCUT2D eigenvalue weighted by molar-refractivity contribution is 1.45. The van der Waals surface area contributed by atoms with E-state index in [0.717, 1.165) is 0 Å². The second-order valence-corrected chi connectivity index (χ2v) is 6.77. The van der Waals surface area contributed by atoms with Gasteiger partial charge in [-0.05, 0) is 43.0 Å². The fraction of sp³-hybridized carbons (Fsp3) is 0.0968. The van der Waals surface area contributed by atoms with Gasteiger partial charge in [-0.2, -0.15) is 0 Å². The monoisotopic (exact) mass is 408 g/mol. The highest BCUT2D eigenvalue weighted by atomic mass is 13.9. The van der Waals surface area contributed by atoms with Gasteiger partial charge in [0.15, 0.2) is 0 Å². The molecule has 3 aromatic rings. The van der Waals surface area contributed by atoms with Crippen molar-refractivity contribution in [3.63, 3.8) is 0 Å². The van der Waals surface area contributed by atoms with E-state index >= 15 is 0 Å². The molecular formula is C31H36. The lowest BCUT2D eigenvalue weighted by Gasteiger charge is -1.95. The number of hydrogen-bond acceptors (Lipinski definition) is 0. The van der Waals surface area contributed by atoms with Crippen molar-refractivity contribution < 1.29 is 0 Å². The van der Waals surface area contributed by atoms with Gasteiger partial charge in [0.05, 0.1) is 0 Å². The molecule has 0 nitrogen and oxygen atoms in total. The van der Waals surface area contributed by atoms with Gasteiger partial charge in [0, 0.05) is 0 Å². The first-order chi connectivity index (χ1) is 14.9. The molecule has 0 amide bonds. The van der Waals surface area contributed by atoms with Crippen molar-refractivity contribution in [3.05, 3.63) is 151 Å². The van der Waals surface area contributed by atoms with Crippen LogP contribution in [0, 0.1) is 20.8 Å². The second-order valence-electron chi connectivity index (χ2n) is 6.77. The van der Waals surface area contributed by atoms with Crippen LogP contribution in [-0.2, 0) is 0 Å². The Morgan fingerprint density at radius 2 is 1.10 bits per heavy atom. The summed E-state index contributed by atoms with van der Waals surface area (Å²) in [5, 5.41) is 0. The highest BCUT2D eigenvalue weighted by Crippen LogP contribution is 2.07. The third-order valence-corrected chi connectivity index (χ3v) is 4.17. The van der Waals surface area contributed by atoms with E-state index in [1.807, 2.05) is 42.5 Å². The minimum absolute atomic E-state index is 1.18.